The minimum Gasteiger partial charge on any atom is -0.370 e. The Balaban J connectivity index is 1.64. The molecule has 2 heterocycles. The predicted molar refractivity (Wildman–Crippen MR) is 111 cm³/mol. The first-order valence-electron chi connectivity index (χ1n) is 9.45. The summed E-state index contributed by atoms with van der Waals surface area (Å²) >= 11 is 1.24. The van der Waals surface area contributed by atoms with Gasteiger partial charge in [0.25, 0.3) is 5.56 Å². The molecule has 2 N–H and O–H groups in total. The zero-order chi connectivity index (χ0) is 19.2. The van der Waals surface area contributed by atoms with Gasteiger partial charge in [0.15, 0.2) is 5.16 Å². The zero-order valence-corrected chi connectivity index (χ0v) is 16.7. The Kier molecular flexibility index (Phi) is 6.55. The molecule has 2 aromatic rings. The molecule has 1 fully saturated rings. The van der Waals surface area contributed by atoms with Crippen molar-refractivity contribution in [3.8, 4) is 0 Å². The number of hydrogen-bond donors (Lipinski definition) is 2. The number of aromatic amines is 1. The van der Waals surface area contributed by atoms with Crippen LogP contribution in [0.4, 0.5) is 11.4 Å². The smallest absolute Gasteiger partial charge is 0.254 e. The summed E-state index contributed by atoms with van der Waals surface area (Å²) in [5, 5.41) is 3.49. The number of nitrogens with one attached hydrogen (secondary N) is 2. The quantitative estimate of drug-likeness (QED) is 0.588. The van der Waals surface area contributed by atoms with E-state index >= 15 is 0 Å². The van der Waals surface area contributed by atoms with E-state index in [0.717, 1.165) is 30.2 Å². The van der Waals surface area contributed by atoms with Gasteiger partial charge in [-0.3, -0.25) is 9.59 Å². The van der Waals surface area contributed by atoms with Crippen molar-refractivity contribution < 1.29 is 4.79 Å². The average Bonchev–Trinajstić information content (AvgIpc) is 2.67. The first-order chi connectivity index (χ1) is 13.1. The van der Waals surface area contributed by atoms with Gasteiger partial charge < -0.3 is 15.2 Å². The molecule has 6 nitrogen and oxygen atoms in total. The molecular weight excluding hydrogens is 360 g/mol. The first kappa shape index (κ1) is 19.5. The van der Waals surface area contributed by atoms with E-state index in [9.17, 15) is 9.59 Å². The van der Waals surface area contributed by atoms with Crippen LogP contribution in [0.15, 0.2) is 34.2 Å². The topological polar surface area (TPSA) is 78.1 Å². The number of piperidine rings is 1. The molecule has 0 bridgehead atoms. The Hall–Kier alpha value is -2.28. The molecule has 0 saturated carbocycles. The lowest BCUT2D eigenvalue weighted by molar-refractivity contribution is -0.113. The number of amides is 1. The number of rotatable bonds is 6. The highest BCUT2D eigenvalue weighted by Gasteiger charge is 2.16. The molecule has 1 aromatic heterocycles. The summed E-state index contributed by atoms with van der Waals surface area (Å²) < 4.78 is 0. The van der Waals surface area contributed by atoms with Crippen molar-refractivity contribution in [2.75, 3.05) is 29.1 Å². The Morgan fingerprint density at radius 1 is 1.26 bits per heavy atom. The first-order valence-corrected chi connectivity index (χ1v) is 10.4. The fourth-order valence-corrected chi connectivity index (χ4v) is 4.09. The summed E-state index contributed by atoms with van der Waals surface area (Å²) in [6.45, 7) is 5.80. The van der Waals surface area contributed by atoms with E-state index in [2.05, 4.69) is 26.3 Å². The van der Waals surface area contributed by atoms with E-state index in [1.807, 2.05) is 32.0 Å². The number of H-pyrrole nitrogens is 1. The van der Waals surface area contributed by atoms with Crippen LogP contribution < -0.4 is 15.8 Å². The summed E-state index contributed by atoms with van der Waals surface area (Å²) in [7, 11) is 0. The number of hydrogen-bond acceptors (Lipinski definition) is 5. The molecule has 0 aliphatic carbocycles. The fourth-order valence-electron chi connectivity index (χ4n) is 3.38. The van der Waals surface area contributed by atoms with Gasteiger partial charge in [-0.25, -0.2) is 4.98 Å². The molecule has 1 aromatic carbocycles. The second-order valence-corrected chi connectivity index (χ2v) is 7.65. The van der Waals surface area contributed by atoms with E-state index in [0.29, 0.717) is 17.1 Å². The van der Waals surface area contributed by atoms with Gasteiger partial charge in [0.2, 0.25) is 5.91 Å². The summed E-state index contributed by atoms with van der Waals surface area (Å²) in [5.41, 5.74) is 3.21. The highest BCUT2D eigenvalue weighted by molar-refractivity contribution is 7.99. The van der Waals surface area contributed by atoms with Crippen molar-refractivity contribution in [1.29, 1.82) is 0 Å². The van der Waals surface area contributed by atoms with Gasteiger partial charge >= 0.3 is 0 Å². The number of anilines is 2. The maximum Gasteiger partial charge on any atom is 0.254 e. The summed E-state index contributed by atoms with van der Waals surface area (Å²) in [6, 6.07) is 7.93. The standard InChI is InChI=1S/C20H26N4O2S/c1-3-15-14(2)21-20(23-19(15)26)27-13-18(25)22-16-9-5-6-10-17(16)24-11-7-4-8-12-24/h5-6,9-10H,3-4,7-8,11-13H2,1-2H3,(H,22,25)(H,21,23,26). The van der Waals surface area contributed by atoms with Gasteiger partial charge in [0, 0.05) is 24.3 Å². The minimum atomic E-state index is -0.122. The zero-order valence-electron chi connectivity index (χ0n) is 15.9. The molecular formula is C20H26N4O2S. The lowest BCUT2D eigenvalue weighted by Gasteiger charge is -2.30. The Morgan fingerprint density at radius 2 is 2.00 bits per heavy atom. The van der Waals surface area contributed by atoms with Crippen LogP contribution in [-0.4, -0.2) is 34.7 Å². The molecule has 0 unspecified atom stereocenters. The van der Waals surface area contributed by atoms with E-state index < -0.39 is 0 Å². The number of carbonyl (C=O) groups is 1. The van der Waals surface area contributed by atoms with Gasteiger partial charge in [-0.2, -0.15) is 0 Å². The van der Waals surface area contributed by atoms with Crippen LogP contribution in [0.1, 0.15) is 37.4 Å². The second-order valence-electron chi connectivity index (χ2n) is 6.69. The third kappa shape index (κ3) is 4.91. The molecule has 27 heavy (non-hydrogen) atoms. The third-order valence-corrected chi connectivity index (χ3v) is 5.64. The highest BCUT2D eigenvalue weighted by atomic mass is 32.2. The van der Waals surface area contributed by atoms with Crippen LogP contribution in [0.5, 0.6) is 0 Å². The predicted octanol–water partition coefficient (Wildman–Crippen LogP) is 3.36. The number of thioether (sulfide) groups is 1. The number of carbonyl (C=O) groups excluding carboxylic acids is 1. The van der Waals surface area contributed by atoms with Gasteiger partial charge in [-0.1, -0.05) is 30.8 Å². The molecule has 3 rings (SSSR count). The van der Waals surface area contributed by atoms with Crippen LogP contribution in [0.3, 0.4) is 0 Å². The van der Waals surface area contributed by atoms with Crippen molar-refractivity contribution >= 4 is 29.0 Å². The molecule has 0 radical (unpaired) electrons. The van der Waals surface area contributed by atoms with Gasteiger partial charge in [-0.05, 0) is 44.7 Å². The summed E-state index contributed by atoms with van der Waals surface area (Å²) in [5.74, 6) is 0.0895. The molecule has 144 valence electrons. The van der Waals surface area contributed by atoms with E-state index in [-0.39, 0.29) is 17.2 Å². The second kappa shape index (κ2) is 9.08. The van der Waals surface area contributed by atoms with E-state index in [1.165, 1.54) is 31.0 Å². The van der Waals surface area contributed by atoms with Crippen molar-refractivity contribution in [2.24, 2.45) is 0 Å². The van der Waals surface area contributed by atoms with Crippen molar-refractivity contribution in [3.63, 3.8) is 0 Å². The number of aromatic nitrogens is 2. The number of benzene rings is 1. The monoisotopic (exact) mass is 386 g/mol. The van der Waals surface area contributed by atoms with Crippen molar-refractivity contribution in [1.82, 2.24) is 9.97 Å². The van der Waals surface area contributed by atoms with Crippen LogP contribution in [0.25, 0.3) is 0 Å². The molecule has 1 aliphatic heterocycles. The number of nitrogens with zero attached hydrogens (tertiary/aromatic N) is 2. The molecule has 7 heteroatoms. The lowest BCUT2D eigenvalue weighted by Crippen LogP contribution is -2.30. The maximum atomic E-state index is 12.4. The average molecular weight is 387 g/mol. The molecule has 0 atom stereocenters. The number of para-hydroxylation sites is 2. The van der Waals surface area contributed by atoms with E-state index in [1.54, 1.807) is 0 Å². The minimum absolute atomic E-state index is 0.107. The summed E-state index contributed by atoms with van der Waals surface area (Å²) in [4.78, 5) is 34.0. The maximum absolute atomic E-state index is 12.4. The van der Waals surface area contributed by atoms with Gasteiger partial charge in [0.05, 0.1) is 17.1 Å². The van der Waals surface area contributed by atoms with Crippen LogP contribution in [0.2, 0.25) is 0 Å². The van der Waals surface area contributed by atoms with Crippen molar-refractivity contribution in [2.45, 2.75) is 44.7 Å². The molecule has 1 amide bonds. The van der Waals surface area contributed by atoms with Gasteiger partial charge in [-0.15, -0.1) is 0 Å². The van der Waals surface area contributed by atoms with Crippen LogP contribution >= 0.6 is 11.8 Å². The Morgan fingerprint density at radius 3 is 2.70 bits per heavy atom. The van der Waals surface area contributed by atoms with Crippen LogP contribution in [-0.2, 0) is 11.2 Å². The lowest BCUT2D eigenvalue weighted by atomic mass is 10.1. The SMILES string of the molecule is CCc1c(C)nc(SCC(=O)Nc2ccccc2N2CCCCC2)[nH]c1=O. The third-order valence-electron chi connectivity index (χ3n) is 4.77. The molecule has 1 aliphatic rings. The number of aryl methyl sites for hydroxylation is 1. The molecule has 1 saturated heterocycles. The Labute approximate surface area is 163 Å². The normalized spacial score (nSPS) is 14.2. The van der Waals surface area contributed by atoms with E-state index in [4.69, 9.17) is 0 Å². The van der Waals surface area contributed by atoms with Gasteiger partial charge in [0.1, 0.15) is 0 Å². The largest absolute Gasteiger partial charge is 0.370 e. The van der Waals surface area contributed by atoms with Crippen LogP contribution in [0, 0.1) is 6.92 Å². The molecule has 0 spiro atoms. The van der Waals surface area contributed by atoms with Crippen molar-refractivity contribution in [3.05, 3.63) is 45.9 Å². The highest BCUT2D eigenvalue weighted by Crippen LogP contribution is 2.28. The Bertz CT molecular complexity index is 859. The fraction of sp³-hybridized carbons (Fsp3) is 0.450. The summed E-state index contributed by atoms with van der Waals surface area (Å²) in [6.07, 6.45) is 4.28.